The molecule has 2 aliphatic rings. The van der Waals surface area contributed by atoms with Gasteiger partial charge in [-0.25, -0.2) is 4.98 Å². The minimum Gasteiger partial charge on any atom is -0.480 e. The van der Waals surface area contributed by atoms with Crippen LogP contribution in [0.2, 0.25) is 0 Å². The van der Waals surface area contributed by atoms with Gasteiger partial charge in [0.05, 0.1) is 26.2 Å². The smallest absolute Gasteiger partial charge is 0.237 e. The Hall–Kier alpha value is -2.19. The summed E-state index contributed by atoms with van der Waals surface area (Å²) >= 11 is 0. The number of methoxy groups -OCH3 is 1. The van der Waals surface area contributed by atoms with E-state index in [0.29, 0.717) is 24.7 Å². The normalized spacial score (nSPS) is 21.4. The molecule has 1 aromatic rings. The molecule has 2 aliphatic heterocycles. The second kappa shape index (κ2) is 8.26. The van der Waals surface area contributed by atoms with Crippen molar-refractivity contribution in [3.63, 3.8) is 0 Å². The molecule has 0 radical (unpaired) electrons. The summed E-state index contributed by atoms with van der Waals surface area (Å²) in [6, 6.07) is 3.46. The predicted molar refractivity (Wildman–Crippen MR) is 91.4 cm³/mol. The number of hydrogen-bond acceptors (Lipinski definition) is 6. The number of likely N-dealkylation sites (tertiary alicyclic amines) is 1. The average molecular weight is 348 g/mol. The lowest BCUT2D eigenvalue weighted by Gasteiger charge is -2.28. The number of amides is 2. The van der Waals surface area contributed by atoms with E-state index in [0.717, 1.165) is 32.8 Å². The summed E-state index contributed by atoms with van der Waals surface area (Å²) in [7, 11) is 1.50. The molecular formula is C17H24N4O4. The van der Waals surface area contributed by atoms with Gasteiger partial charge in [-0.05, 0) is 12.1 Å². The standard InChI is InChI=1S/C17H24N4O4/c1-24-17-14(3-2-4-18-17)19-16(23)13-11-15(22)21(12-13)6-5-20-7-9-25-10-8-20/h2-4,13H,5-12H2,1H3,(H,19,23). The average Bonchev–Trinajstić information content (AvgIpc) is 3.02. The van der Waals surface area contributed by atoms with Crippen molar-refractivity contribution in [2.24, 2.45) is 5.92 Å². The number of carbonyl (C=O) groups is 2. The predicted octanol–water partition coefficient (Wildman–Crippen LogP) is 0.209. The van der Waals surface area contributed by atoms with Crippen LogP contribution >= 0.6 is 0 Å². The van der Waals surface area contributed by atoms with E-state index >= 15 is 0 Å². The Morgan fingerprint density at radius 2 is 2.20 bits per heavy atom. The summed E-state index contributed by atoms with van der Waals surface area (Å²) in [5.74, 6) is -0.119. The minimum absolute atomic E-state index is 0.0339. The highest BCUT2D eigenvalue weighted by atomic mass is 16.5. The maximum atomic E-state index is 12.5. The van der Waals surface area contributed by atoms with Crippen molar-refractivity contribution in [1.29, 1.82) is 0 Å². The van der Waals surface area contributed by atoms with Crippen LogP contribution < -0.4 is 10.1 Å². The molecule has 0 bridgehead atoms. The van der Waals surface area contributed by atoms with Crippen LogP contribution in [-0.2, 0) is 14.3 Å². The van der Waals surface area contributed by atoms with Gasteiger partial charge in [0.1, 0.15) is 5.69 Å². The maximum Gasteiger partial charge on any atom is 0.237 e. The number of hydrogen-bond donors (Lipinski definition) is 1. The molecule has 0 aliphatic carbocycles. The first-order valence-corrected chi connectivity index (χ1v) is 8.55. The van der Waals surface area contributed by atoms with Crippen molar-refractivity contribution in [3.05, 3.63) is 18.3 Å². The zero-order chi connectivity index (χ0) is 17.6. The molecule has 8 heteroatoms. The minimum atomic E-state index is -0.345. The van der Waals surface area contributed by atoms with Gasteiger partial charge in [-0.3, -0.25) is 14.5 Å². The molecule has 0 spiro atoms. The Labute approximate surface area is 147 Å². The summed E-state index contributed by atoms with van der Waals surface area (Å²) < 4.78 is 10.5. The van der Waals surface area contributed by atoms with E-state index in [1.807, 2.05) is 0 Å². The van der Waals surface area contributed by atoms with Crippen LogP contribution in [0.5, 0.6) is 5.88 Å². The fraction of sp³-hybridized carbons (Fsp3) is 0.588. The van der Waals surface area contributed by atoms with Crippen LogP contribution in [0.15, 0.2) is 18.3 Å². The molecule has 1 aromatic heterocycles. The van der Waals surface area contributed by atoms with Crippen molar-refractivity contribution < 1.29 is 19.1 Å². The number of ether oxygens (including phenoxy) is 2. The number of rotatable bonds is 6. The quantitative estimate of drug-likeness (QED) is 0.791. The van der Waals surface area contributed by atoms with Crippen molar-refractivity contribution in [2.45, 2.75) is 6.42 Å². The molecule has 3 rings (SSSR count). The van der Waals surface area contributed by atoms with Crippen molar-refractivity contribution in [2.75, 3.05) is 58.4 Å². The third kappa shape index (κ3) is 4.46. The monoisotopic (exact) mass is 348 g/mol. The Balaban J connectivity index is 1.51. The number of nitrogens with one attached hydrogen (secondary N) is 1. The van der Waals surface area contributed by atoms with Gasteiger partial charge < -0.3 is 19.7 Å². The second-order valence-corrected chi connectivity index (χ2v) is 6.24. The molecule has 0 saturated carbocycles. The fourth-order valence-corrected chi connectivity index (χ4v) is 3.13. The molecule has 2 fully saturated rings. The Morgan fingerprint density at radius 1 is 1.40 bits per heavy atom. The SMILES string of the molecule is COc1ncccc1NC(=O)C1CC(=O)N(CCN2CCOCC2)C1. The number of pyridine rings is 1. The van der Waals surface area contributed by atoms with E-state index in [-0.39, 0.29) is 24.2 Å². The van der Waals surface area contributed by atoms with Crippen LogP contribution in [0, 0.1) is 5.92 Å². The lowest BCUT2D eigenvalue weighted by atomic mass is 10.1. The lowest BCUT2D eigenvalue weighted by molar-refractivity contribution is -0.128. The molecular weight excluding hydrogens is 324 g/mol. The van der Waals surface area contributed by atoms with Crippen molar-refractivity contribution in [1.82, 2.24) is 14.8 Å². The Kier molecular flexibility index (Phi) is 5.83. The van der Waals surface area contributed by atoms with Gasteiger partial charge in [-0.1, -0.05) is 0 Å². The van der Waals surface area contributed by atoms with Crippen molar-refractivity contribution in [3.8, 4) is 5.88 Å². The molecule has 3 heterocycles. The molecule has 136 valence electrons. The summed E-state index contributed by atoms with van der Waals surface area (Å²) in [5.41, 5.74) is 0.522. The second-order valence-electron chi connectivity index (χ2n) is 6.24. The highest BCUT2D eigenvalue weighted by Crippen LogP contribution is 2.24. The summed E-state index contributed by atoms with van der Waals surface area (Å²) in [4.78, 5) is 32.8. The van der Waals surface area contributed by atoms with Crippen LogP contribution in [-0.4, -0.2) is 79.6 Å². The van der Waals surface area contributed by atoms with Gasteiger partial charge in [0.25, 0.3) is 0 Å². The number of anilines is 1. The molecule has 0 aromatic carbocycles. The zero-order valence-electron chi connectivity index (χ0n) is 14.4. The largest absolute Gasteiger partial charge is 0.480 e. The molecule has 2 amide bonds. The molecule has 25 heavy (non-hydrogen) atoms. The molecule has 1 unspecified atom stereocenters. The fourth-order valence-electron chi connectivity index (χ4n) is 3.13. The third-order valence-electron chi connectivity index (χ3n) is 4.60. The third-order valence-corrected chi connectivity index (χ3v) is 4.60. The van der Waals surface area contributed by atoms with E-state index < -0.39 is 0 Å². The van der Waals surface area contributed by atoms with Gasteiger partial charge in [-0.2, -0.15) is 0 Å². The number of aromatic nitrogens is 1. The van der Waals surface area contributed by atoms with Crippen LogP contribution in [0.3, 0.4) is 0 Å². The van der Waals surface area contributed by atoms with Gasteiger partial charge in [-0.15, -0.1) is 0 Å². The summed E-state index contributed by atoms with van der Waals surface area (Å²) in [6.07, 6.45) is 1.85. The van der Waals surface area contributed by atoms with Gasteiger partial charge in [0.2, 0.25) is 17.7 Å². The molecule has 1 N–H and O–H groups in total. The van der Waals surface area contributed by atoms with E-state index in [1.54, 1.807) is 23.2 Å². The van der Waals surface area contributed by atoms with Crippen LogP contribution in [0.4, 0.5) is 5.69 Å². The number of nitrogens with zero attached hydrogens (tertiary/aromatic N) is 3. The summed E-state index contributed by atoms with van der Waals surface area (Å²) in [6.45, 7) is 5.20. The highest BCUT2D eigenvalue weighted by molar-refractivity contribution is 5.97. The Bertz CT molecular complexity index is 618. The highest BCUT2D eigenvalue weighted by Gasteiger charge is 2.34. The van der Waals surface area contributed by atoms with E-state index in [2.05, 4.69) is 15.2 Å². The molecule has 1 atom stereocenters. The van der Waals surface area contributed by atoms with E-state index in [9.17, 15) is 9.59 Å². The van der Waals surface area contributed by atoms with E-state index in [1.165, 1.54) is 7.11 Å². The van der Waals surface area contributed by atoms with Crippen LogP contribution in [0.1, 0.15) is 6.42 Å². The maximum absolute atomic E-state index is 12.5. The first-order valence-electron chi connectivity index (χ1n) is 8.55. The molecule has 8 nitrogen and oxygen atoms in total. The van der Waals surface area contributed by atoms with Gasteiger partial charge >= 0.3 is 0 Å². The molecule has 2 saturated heterocycles. The lowest BCUT2D eigenvalue weighted by Crippen LogP contribution is -2.42. The topological polar surface area (TPSA) is 84.0 Å². The number of carbonyl (C=O) groups excluding carboxylic acids is 2. The zero-order valence-corrected chi connectivity index (χ0v) is 14.4. The Morgan fingerprint density at radius 3 is 2.96 bits per heavy atom. The first kappa shape index (κ1) is 17.6. The number of morpholine rings is 1. The first-order chi connectivity index (χ1) is 12.2. The van der Waals surface area contributed by atoms with Crippen LogP contribution in [0.25, 0.3) is 0 Å². The van der Waals surface area contributed by atoms with Gasteiger partial charge in [0, 0.05) is 45.3 Å². The van der Waals surface area contributed by atoms with Crippen molar-refractivity contribution >= 4 is 17.5 Å². The summed E-state index contributed by atoms with van der Waals surface area (Å²) in [5, 5.41) is 2.82. The van der Waals surface area contributed by atoms with Gasteiger partial charge in [0.15, 0.2) is 0 Å². The van der Waals surface area contributed by atoms with E-state index in [4.69, 9.17) is 9.47 Å².